The number of aliphatic hydroxyl groups is 1. The zero-order valence-electron chi connectivity index (χ0n) is 12.1. The number of aromatic carboxylic acids is 1. The molecule has 0 heterocycles. The number of nitrogens with zero attached hydrogens (tertiary/aromatic N) is 1. The maximum absolute atomic E-state index is 11.2. The third-order valence-corrected chi connectivity index (χ3v) is 2.77. The molecule has 0 aliphatic rings. The van der Waals surface area contributed by atoms with Gasteiger partial charge in [-0.05, 0) is 25.1 Å². The molecule has 0 spiro atoms. The summed E-state index contributed by atoms with van der Waals surface area (Å²) in [4.78, 5) is 23.8. The summed E-state index contributed by atoms with van der Waals surface area (Å²) in [7, 11) is 1.71. The van der Waals surface area contributed by atoms with Crippen molar-refractivity contribution in [1.82, 2.24) is 0 Å². The molecule has 0 aliphatic heterocycles. The highest BCUT2D eigenvalue weighted by molar-refractivity contribution is 5.88. The average Bonchev–Trinajstić information content (AvgIpc) is 2.44. The lowest BCUT2D eigenvalue weighted by Crippen LogP contribution is -2.33. The van der Waals surface area contributed by atoms with Crippen LogP contribution in [0.2, 0.25) is 0 Å². The molecule has 0 saturated carbocycles. The number of carbonyl (C=O) groups excluding carboxylic acids is 1. The highest BCUT2D eigenvalue weighted by Crippen LogP contribution is 2.15. The maximum atomic E-state index is 11.2. The molecule has 0 aliphatic carbocycles. The van der Waals surface area contributed by atoms with Gasteiger partial charge in [0.25, 0.3) is 0 Å². The van der Waals surface area contributed by atoms with Crippen molar-refractivity contribution < 1.29 is 24.5 Å². The number of benzene rings is 1. The van der Waals surface area contributed by atoms with Crippen LogP contribution in [0.1, 0.15) is 17.3 Å². The van der Waals surface area contributed by atoms with E-state index < -0.39 is 18.0 Å². The molecule has 1 rings (SSSR count). The number of carboxylic acid groups (broad SMARTS) is 1. The Labute approximate surface area is 123 Å². The minimum absolute atomic E-state index is 0.144. The van der Waals surface area contributed by atoms with Crippen molar-refractivity contribution in [3.05, 3.63) is 42.0 Å². The van der Waals surface area contributed by atoms with Crippen molar-refractivity contribution in [1.29, 1.82) is 0 Å². The first kappa shape index (κ1) is 16.7. The molecule has 6 heteroatoms. The van der Waals surface area contributed by atoms with Gasteiger partial charge < -0.3 is 19.8 Å². The van der Waals surface area contributed by atoms with Gasteiger partial charge in [-0.2, -0.15) is 0 Å². The Morgan fingerprint density at radius 3 is 2.67 bits per heavy atom. The number of carboxylic acids is 1. The van der Waals surface area contributed by atoms with Crippen LogP contribution in [0.5, 0.6) is 0 Å². The fourth-order valence-electron chi connectivity index (χ4n) is 1.65. The van der Waals surface area contributed by atoms with E-state index in [0.717, 1.165) is 0 Å². The molecule has 1 unspecified atom stereocenters. The number of anilines is 1. The van der Waals surface area contributed by atoms with Crippen molar-refractivity contribution in [3.8, 4) is 0 Å². The number of rotatable bonds is 7. The predicted molar refractivity (Wildman–Crippen MR) is 78.5 cm³/mol. The molecule has 0 bridgehead atoms. The van der Waals surface area contributed by atoms with E-state index in [1.807, 2.05) is 0 Å². The summed E-state index contributed by atoms with van der Waals surface area (Å²) in [6.07, 6.45) is -0.883. The number of hydrogen-bond donors (Lipinski definition) is 2. The number of esters is 1. The number of ether oxygens (including phenoxy) is 1. The van der Waals surface area contributed by atoms with Crippen molar-refractivity contribution in [2.45, 2.75) is 13.0 Å². The summed E-state index contributed by atoms with van der Waals surface area (Å²) < 4.78 is 4.85. The van der Waals surface area contributed by atoms with Crippen LogP contribution in [0.25, 0.3) is 0 Å². The molecule has 0 amide bonds. The summed E-state index contributed by atoms with van der Waals surface area (Å²) in [5, 5.41) is 18.8. The predicted octanol–water partition coefficient (Wildman–Crippen LogP) is 1.30. The Hall–Kier alpha value is -2.34. The molecule has 1 aromatic rings. The summed E-state index contributed by atoms with van der Waals surface area (Å²) in [5.41, 5.74) is 1.09. The highest BCUT2D eigenvalue weighted by Gasteiger charge is 2.13. The normalized spacial score (nSPS) is 11.6. The minimum atomic E-state index is -1.01. The van der Waals surface area contributed by atoms with Crippen molar-refractivity contribution >= 4 is 17.6 Å². The van der Waals surface area contributed by atoms with E-state index in [-0.39, 0.29) is 24.3 Å². The molecule has 2 N–H and O–H groups in total. The van der Waals surface area contributed by atoms with Gasteiger partial charge in [-0.15, -0.1) is 0 Å². The standard InChI is InChI=1S/C15H19NO5/c1-10(2)15(20)21-9-13(17)8-16(3)12-6-4-5-11(7-12)14(18)19/h4-7,13,17H,1,8-9H2,2-3H3,(H,18,19). The van der Waals surface area contributed by atoms with E-state index in [4.69, 9.17) is 9.84 Å². The van der Waals surface area contributed by atoms with E-state index in [0.29, 0.717) is 5.69 Å². The minimum Gasteiger partial charge on any atom is -0.478 e. The highest BCUT2D eigenvalue weighted by atomic mass is 16.5. The molecule has 0 aromatic heterocycles. The second-order valence-electron chi connectivity index (χ2n) is 4.77. The molecular weight excluding hydrogens is 274 g/mol. The van der Waals surface area contributed by atoms with Gasteiger partial charge in [-0.1, -0.05) is 12.6 Å². The van der Waals surface area contributed by atoms with Crippen LogP contribution in [0.4, 0.5) is 5.69 Å². The summed E-state index contributed by atoms with van der Waals surface area (Å²) in [6.45, 7) is 5.03. The molecule has 0 radical (unpaired) electrons. The monoisotopic (exact) mass is 293 g/mol. The van der Waals surface area contributed by atoms with E-state index >= 15 is 0 Å². The molecule has 6 nitrogen and oxygen atoms in total. The van der Waals surface area contributed by atoms with Gasteiger partial charge in [0.1, 0.15) is 12.7 Å². The van der Waals surface area contributed by atoms with Crippen molar-refractivity contribution in [2.75, 3.05) is 25.1 Å². The molecule has 114 valence electrons. The Kier molecular flexibility index (Phi) is 5.92. The Balaban J connectivity index is 2.58. The second-order valence-corrected chi connectivity index (χ2v) is 4.77. The van der Waals surface area contributed by atoms with Gasteiger partial charge in [-0.25, -0.2) is 9.59 Å². The molecular formula is C15H19NO5. The maximum Gasteiger partial charge on any atom is 0.335 e. The van der Waals surface area contributed by atoms with Crippen molar-refractivity contribution in [2.24, 2.45) is 0 Å². The lowest BCUT2D eigenvalue weighted by Gasteiger charge is -2.22. The molecule has 21 heavy (non-hydrogen) atoms. The SMILES string of the molecule is C=C(C)C(=O)OCC(O)CN(C)c1cccc(C(=O)O)c1. The van der Waals surface area contributed by atoms with Gasteiger partial charge in [0.05, 0.1) is 5.56 Å². The van der Waals surface area contributed by atoms with Gasteiger partial charge >= 0.3 is 11.9 Å². The average molecular weight is 293 g/mol. The van der Waals surface area contributed by atoms with Crippen LogP contribution in [0.3, 0.4) is 0 Å². The van der Waals surface area contributed by atoms with E-state index in [1.165, 1.54) is 19.1 Å². The zero-order valence-corrected chi connectivity index (χ0v) is 12.1. The zero-order chi connectivity index (χ0) is 16.0. The Morgan fingerprint density at radius 2 is 2.10 bits per heavy atom. The quantitative estimate of drug-likeness (QED) is 0.582. The number of aliphatic hydroxyl groups excluding tert-OH is 1. The number of hydrogen-bond acceptors (Lipinski definition) is 5. The Morgan fingerprint density at radius 1 is 1.43 bits per heavy atom. The van der Waals surface area contributed by atoms with Gasteiger partial charge in [0.15, 0.2) is 0 Å². The smallest absolute Gasteiger partial charge is 0.335 e. The third kappa shape index (κ3) is 5.27. The summed E-state index contributed by atoms with van der Waals surface area (Å²) in [6, 6.07) is 6.36. The third-order valence-electron chi connectivity index (χ3n) is 2.77. The first-order valence-corrected chi connectivity index (χ1v) is 6.36. The van der Waals surface area contributed by atoms with Crippen LogP contribution < -0.4 is 4.90 Å². The van der Waals surface area contributed by atoms with E-state index in [1.54, 1.807) is 24.1 Å². The molecule has 0 fully saturated rings. The van der Waals surface area contributed by atoms with Gasteiger partial charge in [0.2, 0.25) is 0 Å². The Bertz CT molecular complexity index is 541. The largest absolute Gasteiger partial charge is 0.478 e. The fraction of sp³-hybridized carbons (Fsp3) is 0.333. The lowest BCUT2D eigenvalue weighted by molar-refractivity contribution is -0.141. The molecule has 0 saturated heterocycles. The van der Waals surface area contributed by atoms with E-state index in [9.17, 15) is 14.7 Å². The van der Waals surface area contributed by atoms with Crippen LogP contribution >= 0.6 is 0 Å². The first-order valence-electron chi connectivity index (χ1n) is 6.36. The topological polar surface area (TPSA) is 87.1 Å². The summed E-state index contributed by atoms with van der Waals surface area (Å²) >= 11 is 0. The summed E-state index contributed by atoms with van der Waals surface area (Å²) in [5.74, 6) is -1.56. The van der Waals surface area contributed by atoms with Crippen LogP contribution in [-0.4, -0.2) is 48.5 Å². The van der Waals surface area contributed by atoms with Gasteiger partial charge in [-0.3, -0.25) is 0 Å². The lowest BCUT2D eigenvalue weighted by atomic mass is 10.2. The van der Waals surface area contributed by atoms with Crippen LogP contribution in [0.15, 0.2) is 36.4 Å². The second kappa shape index (κ2) is 7.44. The fourth-order valence-corrected chi connectivity index (χ4v) is 1.65. The van der Waals surface area contributed by atoms with E-state index in [2.05, 4.69) is 6.58 Å². The number of carbonyl (C=O) groups is 2. The molecule has 1 aromatic carbocycles. The van der Waals surface area contributed by atoms with Crippen LogP contribution in [-0.2, 0) is 9.53 Å². The van der Waals surface area contributed by atoms with Gasteiger partial charge in [0, 0.05) is 24.9 Å². The van der Waals surface area contributed by atoms with Crippen LogP contribution in [0, 0.1) is 0 Å². The number of likely N-dealkylation sites (N-methyl/N-ethyl adjacent to an activating group) is 1. The first-order chi connectivity index (χ1) is 9.81. The van der Waals surface area contributed by atoms with Crippen molar-refractivity contribution in [3.63, 3.8) is 0 Å². The molecule has 1 atom stereocenters.